The van der Waals surface area contributed by atoms with E-state index in [1.807, 2.05) is 0 Å². The van der Waals surface area contributed by atoms with Gasteiger partial charge in [0.2, 0.25) is 10.0 Å². The molecule has 0 bridgehead atoms. The summed E-state index contributed by atoms with van der Waals surface area (Å²) >= 11 is 13.5. The summed E-state index contributed by atoms with van der Waals surface area (Å²) in [6.45, 7) is 1.98. The Morgan fingerprint density at radius 1 is 1.20 bits per heavy atom. The predicted molar refractivity (Wildman–Crippen MR) is 122 cm³/mol. The number of nitro benzene ring substituents is 1. The van der Waals surface area contributed by atoms with Gasteiger partial charge in [-0.05, 0) is 29.8 Å². The molecule has 160 valence electrons. The average Bonchev–Trinajstić information content (AvgIpc) is 2.71. The van der Waals surface area contributed by atoms with Gasteiger partial charge in [0, 0.05) is 53.1 Å². The first kappa shape index (κ1) is 23.1. The van der Waals surface area contributed by atoms with Crippen molar-refractivity contribution < 1.29 is 13.3 Å². The molecule has 2 aromatic rings. The summed E-state index contributed by atoms with van der Waals surface area (Å²) < 4.78 is 27.4. The van der Waals surface area contributed by atoms with E-state index in [-0.39, 0.29) is 11.4 Å². The molecule has 0 aliphatic carbocycles. The van der Waals surface area contributed by atoms with Gasteiger partial charge in [-0.3, -0.25) is 10.1 Å². The zero-order valence-corrected chi connectivity index (χ0v) is 18.9. The van der Waals surface area contributed by atoms with E-state index >= 15 is 0 Å². The van der Waals surface area contributed by atoms with E-state index in [0.29, 0.717) is 51.6 Å². The lowest BCUT2D eigenvalue weighted by atomic mass is 10.2. The Morgan fingerprint density at radius 2 is 1.93 bits per heavy atom. The standard InChI is InChI=1S/C19H19Cl2N3O4S2/c20-15-4-5-18(21)19(12-15)29-17(11-14-2-1-3-16(10-14)24(25)26)13-30(27,28)23-8-6-22-7-9-23/h1-5,10-12,22H,6-9,13H2. The number of nitrogens with one attached hydrogen (secondary N) is 1. The minimum absolute atomic E-state index is 0.0705. The molecule has 1 saturated heterocycles. The number of hydrogen-bond acceptors (Lipinski definition) is 6. The maximum absolute atomic E-state index is 13.0. The lowest BCUT2D eigenvalue weighted by Crippen LogP contribution is -2.47. The number of nitrogens with zero attached hydrogens (tertiary/aromatic N) is 2. The van der Waals surface area contributed by atoms with E-state index in [2.05, 4.69) is 5.32 Å². The SMILES string of the molecule is O=[N+]([O-])c1cccc(C=C(CS(=O)(=O)N2CCNCC2)Sc2cc(Cl)ccc2Cl)c1. The molecular formula is C19H19Cl2N3O4S2. The highest BCUT2D eigenvalue weighted by Crippen LogP contribution is 2.36. The number of piperazine rings is 1. The second-order valence-electron chi connectivity index (χ2n) is 6.54. The Morgan fingerprint density at radius 3 is 2.63 bits per heavy atom. The van der Waals surface area contributed by atoms with Crippen molar-refractivity contribution in [3.8, 4) is 0 Å². The van der Waals surface area contributed by atoms with Crippen LogP contribution in [0.4, 0.5) is 5.69 Å². The van der Waals surface area contributed by atoms with E-state index in [1.165, 1.54) is 28.2 Å². The third-order valence-electron chi connectivity index (χ3n) is 4.34. The molecule has 0 amide bonds. The highest BCUT2D eigenvalue weighted by atomic mass is 35.5. The van der Waals surface area contributed by atoms with Crippen LogP contribution >= 0.6 is 35.0 Å². The highest BCUT2D eigenvalue weighted by Gasteiger charge is 2.25. The molecule has 1 aliphatic rings. The molecule has 1 fully saturated rings. The van der Waals surface area contributed by atoms with Crippen LogP contribution in [0.15, 0.2) is 52.3 Å². The molecule has 0 saturated carbocycles. The van der Waals surface area contributed by atoms with Crippen molar-refractivity contribution in [2.45, 2.75) is 4.90 Å². The van der Waals surface area contributed by atoms with Gasteiger partial charge in [-0.1, -0.05) is 47.1 Å². The van der Waals surface area contributed by atoms with Crippen LogP contribution in [0.25, 0.3) is 6.08 Å². The van der Waals surface area contributed by atoms with Gasteiger partial charge in [0.25, 0.3) is 5.69 Å². The minimum atomic E-state index is -3.58. The van der Waals surface area contributed by atoms with Crippen molar-refractivity contribution in [3.05, 3.63) is 73.1 Å². The van der Waals surface area contributed by atoms with E-state index in [9.17, 15) is 18.5 Å². The van der Waals surface area contributed by atoms with Gasteiger partial charge in [-0.25, -0.2) is 8.42 Å². The number of halogens is 2. The van der Waals surface area contributed by atoms with Gasteiger partial charge in [-0.15, -0.1) is 0 Å². The Hall–Kier alpha value is -1.62. The Labute approximate surface area is 189 Å². The normalized spacial score (nSPS) is 15.9. The van der Waals surface area contributed by atoms with Crippen molar-refractivity contribution in [2.24, 2.45) is 0 Å². The fourth-order valence-corrected chi connectivity index (χ4v) is 6.25. The minimum Gasteiger partial charge on any atom is -0.314 e. The third-order valence-corrected chi connectivity index (χ3v) is 8.11. The monoisotopic (exact) mass is 487 g/mol. The van der Waals surface area contributed by atoms with E-state index in [1.54, 1.807) is 36.4 Å². The first-order valence-corrected chi connectivity index (χ1v) is 12.2. The molecule has 1 aliphatic heterocycles. The Balaban J connectivity index is 1.96. The van der Waals surface area contributed by atoms with Crippen LogP contribution < -0.4 is 5.32 Å². The van der Waals surface area contributed by atoms with Crippen molar-refractivity contribution in [3.63, 3.8) is 0 Å². The molecule has 0 radical (unpaired) electrons. The summed E-state index contributed by atoms with van der Waals surface area (Å²) in [7, 11) is -3.58. The molecular weight excluding hydrogens is 469 g/mol. The Kier molecular flexibility index (Phi) is 7.78. The van der Waals surface area contributed by atoms with Crippen LogP contribution in [0.5, 0.6) is 0 Å². The van der Waals surface area contributed by atoms with E-state index in [4.69, 9.17) is 23.2 Å². The molecule has 0 unspecified atom stereocenters. The molecule has 1 N–H and O–H groups in total. The largest absolute Gasteiger partial charge is 0.314 e. The van der Waals surface area contributed by atoms with Crippen molar-refractivity contribution >= 4 is 56.8 Å². The number of non-ortho nitro benzene ring substituents is 1. The van der Waals surface area contributed by atoms with Crippen LogP contribution in [0.2, 0.25) is 10.0 Å². The number of rotatable bonds is 7. The van der Waals surface area contributed by atoms with Gasteiger partial charge >= 0.3 is 0 Å². The van der Waals surface area contributed by atoms with E-state index in [0.717, 1.165) is 0 Å². The number of thioether (sulfide) groups is 1. The fraction of sp³-hybridized carbons (Fsp3) is 0.263. The van der Waals surface area contributed by atoms with Crippen LogP contribution in [-0.4, -0.2) is 49.6 Å². The summed E-state index contributed by atoms with van der Waals surface area (Å²) in [6.07, 6.45) is 1.63. The van der Waals surface area contributed by atoms with Crippen LogP contribution in [0, 0.1) is 10.1 Å². The smallest absolute Gasteiger partial charge is 0.270 e. The van der Waals surface area contributed by atoms with Crippen molar-refractivity contribution in [1.82, 2.24) is 9.62 Å². The molecule has 2 aromatic carbocycles. The molecule has 11 heteroatoms. The van der Waals surface area contributed by atoms with Gasteiger partial charge in [0.05, 0.1) is 15.7 Å². The Bertz CT molecular complexity index is 1070. The molecule has 7 nitrogen and oxygen atoms in total. The number of benzene rings is 2. The quantitative estimate of drug-likeness (QED) is 0.356. The summed E-state index contributed by atoms with van der Waals surface area (Å²) in [5, 5.41) is 15.1. The summed E-state index contributed by atoms with van der Waals surface area (Å²) in [4.78, 5) is 11.7. The predicted octanol–water partition coefficient (Wildman–Crippen LogP) is 4.27. The second kappa shape index (κ2) is 10.1. The average molecular weight is 488 g/mol. The maximum Gasteiger partial charge on any atom is 0.270 e. The number of sulfonamides is 1. The lowest BCUT2D eigenvalue weighted by molar-refractivity contribution is -0.384. The van der Waals surface area contributed by atoms with Crippen LogP contribution in [-0.2, 0) is 10.0 Å². The molecule has 30 heavy (non-hydrogen) atoms. The van der Waals surface area contributed by atoms with E-state index < -0.39 is 14.9 Å². The van der Waals surface area contributed by atoms with Crippen LogP contribution in [0.3, 0.4) is 0 Å². The maximum atomic E-state index is 13.0. The summed E-state index contributed by atoms with van der Waals surface area (Å²) in [5.41, 5.74) is 0.458. The lowest BCUT2D eigenvalue weighted by Gasteiger charge is -2.27. The fourth-order valence-electron chi connectivity index (χ4n) is 2.90. The first-order valence-electron chi connectivity index (χ1n) is 9.01. The molecule has 0 spiro atoms. The summed E-state index contributed by atoms with van der Waals surface area (Å²) in [6, 6.07) is 11.0. The van der Waals surface area contributed by atoms with Gasteiger partial charge in [-0.2, -0.15) is 4.31 Å². The third kappa shape index (κ3) is 6.19. The number of nitro groups is 1. The van der Waals surface area contributed by atoms with Gasteiger partial charge < -0.3 is 5.32 Å². The molecule has 1 heterocycles. The number of hydrogen-bond donors (Lipinski definition) is 1. The highest BCUT2D eigenvalue weighted by molar-refractivity contribution is 8.04. The van der Waals surface area contributed by atoms with Gasteiger partial charge in [0.15, 0.2) is 0 Å². The molecule has 0 aromatic heterocycles. The zero-order valence-electron chi connectivity index (χ0n) is 15.8. The zero-order chi connectivity index (χ0) is 21.7. The summed E-state index contributed by atoms with van der Waals surface area (Å²) in [5.74, 6) is -0.247. The second-order valence-corrected chi connectivity index (χ2v) is 10.5. The topological polar surface area (TPSA) is 92.5 Å². The first-order chi connectivity index (χ1) is 14.2. The van der Waals surface area contributed by atoms with Gasteiger partial charge in [0.1, 0.15) is 0 Å². The van der Waals surface area contributed by atoms with Crippen molar-refractivity contribution in [2.75, 3.05) is 31.9 Å². The van der Waals surface area contributed by atoms with Crippen molar-refractivity contribution in [1.29, 1.82) is 0 Å². The van der Waals surface area contributed by atoms with Crippen LogP contribution in [0.1, 0.15) is 5.56 Å². The molecule has 3 rings (SSSR count). The molecule has 0 atom stereocenters.